The van der Waals surface area contributed by atoms with Crippen molar-refractivity contribution in [2.45, 2.75) is 65.2 Å². The summed E-state index contributed by atoms with van der Waals surface area (Å²) in [5.41, 5.74) is 0. The normalized spacial score (nSPS) is 29.2. The van der Waals surface area contributed by atoms with Gasteiger partial charge in [0.2, 0.25) is 0 Å². The van der Waals surface area contributed by atoms with E-state index < -0.39 is 13.9 Å². The maximum absolute atomic E-state index is 2.41. The van der Waals surface area contributed by atoms with Gasteiger partial charge in [-0.25, -0.2) is 0 Å². The zero-order chi connectivity index (χ0) is 12.9. The van der Waals surface area contributed by atoms with Crippen LogP contribution >= 0.6 is 13.9 Å². The monoisotopic (exact) mass is 290 g/mol. The van der Waals surface area contributed by atoms with Gasteiger partial charge in [0.15, 0.2) is 0 Å². The van der Waals surface area contributed by atoms with Crippen molar-refractivity contribution in [1.29, 1.82) is 0 Å². The van der Waals surface area contributed by atoms with Gasteiger partial charge in [-0.15, -0.1) is 0 Å². The van der Waals surface area contributed by atoms with E-state index >= 15 is 0 Å². The molecule has 2 aliphatic heterocycles. The Morgan fingerprint density at radius 3 is 1.22 bits per heavy atom. The van der Waals surface area contributed by atoms with Gasteiger partial charge < -0.3 is 0 Å². The average Bonchev–Trinajstić information content (AvgIpc) is 3.04. The van der Waals surface area contributed by atoms with E-state index in [2.05, 4.69) is 13.8 Å². The number of unbranched alkanes of at least 4 members (excludes halogenated alkanes) is 2. The second kappa shape index (κ2) is 7.04. The van der Waals surface area contributed by atoms with Crippen molar-refractivity contribution in [3.8, 4) is 0 Å². The molecule has 2 heteroatoms. The Balaban J connectivity index is 2.14. The molecule has 0 N–H and O–H groups in total. The summed E-state index contributed by atoms with van der Waals surface area (Å²) in [5.74, 6) is 0. The van der Waals surface area contributed by atoms with Crippen LogP contribution in [0.2, 0.25) is 0 Å². The van der Waals surface area contributed by atoms with Crippen LogP contribution < -0.4 is 0 Å². The van der Waals surface area contributed by atoms with E-state index in [4.69, 9.17) is 0 Å². The van der Waals surface area contributed by atoms with Gasteiger partial charge in [-0.2, -0.15) is 0 Å². The topological polar surface area (TPSA) is 0 Å². The van der Waals surface area contributed by atoms with Gasteiger partial charge in [-0.3, -0.25) is 0 Å². The van der Waals surface area contributed by atoms with Gasteiger partial charge in [0.1, 0.15) is 0 Å². The van der Waals surface area contributed by atoms with Crippen molar-refractivity contribution in [3.63, 3.8) is 0 Å². The summed E-state index contributed by atoms with van der Waals surface area (Å²) < 4.78 is 0. The van der Waals surface area contributed by atoms with Crippen LogP contribution in [0, 0.1) is 0 Å². The minimum atomic E-state index is -0.769. The number of hydrogen-bond acceptors (Lipinski definition) is 0. The molecule has 2 aliphatic rings. The van der Waals surface area contributed by atoms with Crippen LogP contribution in [0.3, 0.4) is 0 Å². The van der Waals surface area contributed by atoms with Gasteiger partial charge in [0.05, 0.1) is 0 Å². The standard InChI is InChI=1S/C16H36P2/c1-3-5-11-17(13-7-8-14-17)18(12-6-4-2)15-9-10-16-18/h17-18H,3-16H2,1-2H3. The molecule has 0 aromatic carbocycles. The second-order valence-corrected chi connectivity index (χ2v) is 21.7. The molecule has 0 aromatic rings. The van der Waals surface area contributed by atoms with Gasteiger partial charge in [0, 0.05) is 0 Å². The summed E-state index contributed by atoms with van der Waals surface area (Å²) in [4.78, 5) is 0. The first-order chi connectivity index (χ1) is 8.79. The molecule has 0 aromatic heterocycles. The predicted octanol–water partition coefficient (Wildman–Crippen LogP) is 5.59. The second-order valence-electron chi connectivity index (χ2n) is 7.18. The molecule has 2 rings (SSSR count). The quantitative estimate of drug-likeness (QED) is 0.536. The number of hydrogen-bond donors (Lipinski definition) is 0. The van der Waals surface area contributed by atoms with E-state index in [-0.39, 0.29) is 0 Å². The van der Waals surface area contributed by atoms with Crippen LogP contribution in [0.15, 0.2) is 0 Å². The van der Waals surface area contributed by atoms with Gasteiger partial charge in [-0.1, -0.05) is 0 Å². The SMILES string of the molecule is CCCC[PH]1([PH]2(CCCC)CCCC2)CCCC1. The first-order valence-electron chi connectivity index (χ1n) is 8.79. The van der Waals surface area contributed by atoms with Crippen LogP contribution in [0.5, 0.6) is 0 Å². The molecular weight excluding hydrogens is 254 g/mol. The third-order valence-electron chi connectivity index (χ3n) is 6.26. The van der Waals surface area contributed by atoms with Crippen LogP contribution in [0.1, 0.15) is 65.2 Å². The van der Waals surface area contributed by atoms with Crippen LogP contribution in [0.4, 0.5) is 0 Å². The van der Waals surface area contributed by atoms with Gasteiger partial charge >= 0.3 is 116 Å². The molecule has 0 saturated carbocycles. The van der Waals surface area contributed by atoms with E-state index in [9.17, 15) is 0 Å². The van der Waals surface area contributed by atoms with E-state index in [1.165, 1.54) is 12.8 Å². The fourth-order valence-corrected chi connectivity index (χ4v) is 28.4. The summed E-state index contributed by atoms with van der Waals surface area (Å²) in [6.45, 7) is 3.28. The first kappa shape index (κ1) is 15.3. The van der Waals surface area contributed by atoms with Crippen molar-refractivity contribution in [2.24, 2.45) is 0 Å². The summed E-state index contributed by atoms with van der Waals surface area (Å²) in [6, 6.07) is 0. The van der Waals surface area contributed by atoms with Crippen LogP contribution in [-0.2, 0) is 0 Å². The summed E-state index contributed by atoms with van der Waals surface area (Å²) >= 11 is 0. The molecule has 0 bridgehead atoms. The van der Waals surface area contributed by atoms with E-state index in [1.54, 1.807) is 75.5 Å². The molecule has 0 amide bonds. The third kappa shape index (κ3) is 2.96. The molecule has 2 saturated heterocycles. The Morgan fingerprint density at radius 1 is 0.611 bits per heavy atom. The number of rotatable bonds is 7. The Hall–Kier alpha value is 0.860. The van der Waals surface area contributed by atoms with Crippen molar-refractivity contribution in [2.75, 3.05) is 37.0 Å². The summed E-state index contributed by atoms with van der Waals surface area (Å²) in [5, 5.41) is 0. The summed E-state index contributed by atoms with van der Waals surface area (Å²) in [7, 11) is 0. The molecule has 2 heterocycles. The molecule has 0 nitrogen and oxygen atoms in total. The molecule has 0 radical (unpaired) electrons. The van der Waals surface area contributed by atoms with E-state index in [1.807, 2.05) is 0 Å². The average molecular weight is 290 g/mol. The zero-order valence-electron chi connectivity index (χ0n) is 12.9. The molecule has 18 heavy (non-hydrogen) atoms. The van der Waals surface area contributed by atoms with E-state index in [0.717, 1.165) is 0 Å². The first-order valence-corrected chi connectivity index (χ1v) is 15.0. The van der Waals surface area contributed by atoms with E-state index in [0.29, 0.717) is 0 Å². The fraction of sp³-hybridized carbons (Fsp3) is 1.00. The Labute approximate surface area is 116 Å². The van der Waals surface area contributed by atoms with Crippen LogP contribution in [-0.4, -0.2) is 37.0 Å². The summed E-state index contributed by atoms with van der Waals surface area (Å²) in [6.07, 6.45) is 23.1. The van der Waals surface area contributed by atoms with Crippen molar-refractivity contribution in [1.82, 2.24) is 0 Å². The van der Waals surface area contributed by atoms with Crippen molar-refractivity contribution < 1.29 is 0 Å². The molecule has 0 unspecified atom stereocenters. The van der Waals surface area contributed by atoms with Crippen molar-refractivity contribution in [3.05, 3.63) is 0 Å². The maximum atomic E-state index is 2.41. The Kier molecular flexibility index (Phi) is 5.96. The zero-order valence-corrected chi connectivity index (χ0v) is 14.9. The predicted molar refractivity (Wildman–Crippen MR) is 94.1 cm³/mol. The Bertz CT molecular complexity index is 211. The molecule has 0 atom stereocenters. The molecule has 0 aliphatic carbocycles. The molecule has 110 valence electrons. The van der Waals surface area contributed by atoms with Crippen LogP contribution in [0.25, 0.3) is 0 Å². The minimum absolute atomic E-state index is 0.769. The molecule has 2 fully saturated rings. The third-order valence-corrected chi connectivity index (χ3v) is 27.6. The molecule has 0 spiro atoms. The molecular formula is C16H36P2. The van der Waals surface area contributed by atoms with Gasteiger partial charge in [0.25, 0.3) is 0 Å². The Morgan fingerprint density at radius 2 is 0.944 bits per heavy atom. The van der Waals surface area contributed by atoms with Gasteiger partial charge in [-0.05, 0) is 0 Å². The van der Waals surface area contributed by atoms with Crippen molar-refractivity contribution >= 4 is 13.9 Å². The fourth-order valence-electron chi connectivity index (χ4n) is 5.22.